The Bertz CT molecular complexity index is 419. The maximum Gasteiger partial charge on any atom is 0.204 e. The van der Waals surface area contributed by atoms with Gasteiger partial charge in [0, 0.05) is 6.92 Å². The highest BCUT2D eigenvalue weighted by molar-refractivity contribution is 5.83. The number of aliphatic imine (C=N–C) groups is 2. The maximum atomic E-state index is 8.68. The number of aryl methyl sites for hydroxylation is 1. The number of ether oxygens (including phenoxy) is 1. The van der Waals surface area contributed by atoms with Crippen LogP contribution in [0, 0.1) is 6.92 Å². The largest absolute Gasteiger partial charge is 0.494 e. The quantitative estimate of drug-likeness (QED) is 0.482. The number of benzene rings is 1. The highest BCUT2D eigenvalue weighted by atomic mass is 16.5. The summed E-state index contributed by atoms with van der Waals surface area (Å²) in [5, 5.41) is 8.68. The minimum Gasteiger partial charge on any atom is -0.494 e. The predicted molar refractivity (Wildman–Crippen MR) is 65.2 cm³/mol. The van der Waals surface area contributed by atoms with Gasteiger partial charge in [0.1, 0.15) is 12.1 Å². The molecule has 0 bridgehead atoms. The number of hydrogen-bond acceptors (Lipinski definition) is 3. The van der Waals surface area contributed by atoms with Crippen molar-refractivity contribution in [1.82, 2.24) is 0 Å². The standard InChI is InChI=1S/C12H14N2O2/c1-9-4-6-12(7-5-9)16-11(3)14-8-13-10(2)15/h4-8,15H,2H2,1,3H3. The molecule has 84 valence electrons. The molecule has 16 heavy (non-hydrogen) atoms. The molecule has 0 aromatic heterocycles. The monoisotopic (exact) mass is 218 g/mol. The van der Waals surface area contributed by atoms with Crippen LogP contribution in [-0.2, 0) is 0 Å². The molecule has 0 fully saturated rings. The Hall–Kier alpha value is -2.10. The summed E-state index contributed by atoms with van der Waals surface area (Å²) in [6.07, 6.45) is 1.19. The zero-order valence-electron chi connectivity index (χ0n) is 9.34. The smallest absolute Gasteiger partial charge is 0.204 e. The molecular weight excluding hydrogens is 204 g/mol. The van der Waals surface area contributed by atoms with Gasteiger partial charge in [-0.2, -0.15) is 0 Å². The van der Waals surface area contributed by atoms with E-state index in [9.17, 15) is 0 Å². The number of nitrogens with zero attached hydrogens (tertiary/aromatic N) is 2. The van der Waals surface area contributed by atoms with Gasteiger partial charge in [0.15, 0.2) is 5.90 Å². The van der Waals surface area contributed by atoms with Crippen LogP contribution in [0.2, 0.25) is 0 Å². The third kappa shape index (κ3) is 4.41. The van der Waals surface area contributed by atoms with Crippen LogP contribution in [0.4, 0.5) is 0 Å². The maximum absolute atomic E-state index is 8.68. The van der Waals surface area contributed by atoms with Crippen molar-refractivity contribution in [1.29, 1.82) is 0 Å². The Labute approximate surface area is 94.6 Å². The Kier molecular flexibility index (Phi) is 4.27. The molecule has 0 saturated heterocycles. The normalized spacial score (nSPS) is 11.8. The number of aliphatic hydroxyl groups excluding tert-OH is 1. The zero-order chi connectivity index (χ0) is 12.0. The molecule has 0 aliphatic carbocycles. The molecule has 4 heteroatoms. The van der Waals surface area contributed by atoms with Gasteiger partial charge in [-0.1, -0.05) is 17.7 Å². The minimum atomic E-state index is -0.285. The van der Waals surface area contributed by atoms with E-state index in [0.717, 1.165) is 0 Å². The summed E-state index contributed by atoms with van der Waals surface area (Å²) in [4.78, 5) is 7.35. The second kappa shape index (κ2) is 5.70. The van der Waals surface area contributed by atoms with Crippen LogP contribution in [0.1, 0.15) is 12.5 Å². The van der Waals surface area contributed by atoms with Crippen molar-refractivity contribution >= 4 is 12.2 Å². The summed E-state index contributed by atoms with van der Waals surface area (Å²) in [6.45, 7) is 6.90. The average molecular weight is 218 g/mol. The molecule has 0 saturated carbocycles. The Morgan fingerprint density at radius 3 is 2.56 bits per heavy atom. The molecule has 0 heterocycles. The summed E-state index contributed by atoms with van der Waals surface area (Å²) in [5.74, 6) is 0.865. The molecule has 0 amide bonds. The molecule has 0 spiro atoms. The lowest BCUT2D eigenvalue weighted by molar-refractivity contribution is 0.410. The molecule has 1 aromatic rings. The molecule has 4 nitrogen and oxygen atoms in total. The molecule has 0 aliphatic heterocycles. The van der Waals surface area contributed by atoms with Gasteiger partial charge in [0.25, 0.3) is 0 Å². The van der Waals surface area contributed by atoms with Crippen molar-refractivity contribution in [2.24, 2.45) is 9.98 Å². The first-order valence-corrected chi connectivity index (χ1v) is 4.77. The van der Waals surface area contributed by atoms with E-state index in [-0.39, 0.29) is 5.88 Å². The van der Waals surface area contributed by atoms with Crippen LogP contribution in [0.5, 0.6) is 5.75 Å². The molecule has 0 aliphatic rings. The fourth-order valence-electron chi connectivity index (χ4n) is 0.980. The van der Waals surface area contributed by atoms with Crippen molar-refractivity contribution in [2.75, 3.05) is 0 Å². The fourth-order valence-corrected chi connectivity index (χ4v) is 0.980. The van der Waals surface area contributed by atoms with Gasteiger partial charge in [-0.15, -0.1) is 0 Å². The Morgan fingerprint density at radius 2 is 2.00 bits per heavy atom. The summed E-state index contributed by atoms with van der Waals surface area (Å²) >= 11 is 0. The number of aliphatic hydroxyl groups is 1. The van der Waals surface area contributed by atoms with Crippen molar-refractivity contribution in [3.8, 4) is 5.75 Å². The highest BCUT2D eigenvalue weighted by Crippen LogP contribution is 2.11. The molecule has 1 aromatic carbocycles. The molecule has 0 radical (unpaired) electrons. The van der Waals surface area contributed by atoms with E-state index in [2.05, 4.69) is 16.6 Å². The van der Waals surface area contributed by atoms with Gasteiger partial charge in [-0.3, -0.25) is 0 Å². The van der Waals surface area contributed by atoms with Crippen molar-refractivity contribution in [2.45, 2.75) is 13.8 Å². The van der Waals surface area contributed by atoms with E-state index in [0.29, 0.717) is 11.6 Å². The van der Waals surface area contributed by atoms with E-state index < -0.39 is 0 Å². The van der Waals surface area contributed by atoms with Crippen LogP contribution in [0.25, 0.3) is 0 Å². The molecule has 1 N–H and O–H groups in total. The summed E-state index contributed by atoms with van der Waals surface area (Å²) in [6, 6.07) is 7.62. The second-order valence-corrected chi connectivity index (χ2v) is 3.22. The molecular formula is C12H14N2O2. The first-order chi connectivity index (χ1) is 7.58. The van der Waals surface area contributed by atoms with Crippen LogP contribution < -0.4 is 4.74 Å². The van der Waals surface area contributed by atoms with Crippen LogP contribution in [0.3, 0.4) is 0 Å². The van der Waals surface area contributed by atoms with Crippen LogP contribution in [-0.4, -0.2) is 17.3 Å². The first-order valence-electron chi connectivity index (χ1n) is 4.77. The van der Waals surface area contributed by atoms with Crippen LogP contribution >= 0.6 is 0 Å². The second-order valence-electron chi connectivity index (χ2n) is 3.22. The van der Waals surface area contributed by atoms with Gasteiger partial charge in [0.05, 0.1) is 0 Å². The zero-order valence-corrected chi connectivity index (χ0v) is 9.34. The topological polar surface area (TPSA) is 54.2 Å². The van der Waals surface area contributed by atoms with E-state index in [1.54, 1.807) is 6.92 Å². The minimum absolute atomic E-state index is 0.285. The molecule has 1 rings (SSSR count). The summed E-state index contributed by atoms with van der Waals surface area (Å²) in [5.41, 5.74) is 1.17. The van der Waals surface area contributed by atoms with Gasteiger partial charge in [-0.05, 0) is 25.6 Å². The van der Waals surface area contributed by atoms with Crippen LogP contribution in [0.15, 0.2) is 46.7 Å². The summed E-state index contributed by atoms with van der Waals surface area (Å²) < 4.78 is 5.40. The average Bonchev–Trinajstić information content (AvgIpc) is 2.21. The lowest BCUT2D eigenvalue weighted by Gasteiger charge is -2.03. The first kappa shape index (κ1) is 12.0. The predicted octanol–water partition coefficient (Wildman–Crippen LogP) is 2.85. The Morgan fingerprint density at radius 1 is 1.38 bits per heavy atom. The van der Waals surface area contributed by atoms with Gasteiger partial charge in [0.2, 0.25) is 5.88 Å². The fraction of sp³-hybridized carbons (Fsp3) is 0.167. The molecule has 0 atom stereocenters. The SMILES string of the molecule is C=C(O)N=CN=C(C)Oc1ccc(C)cc1. The van der Waals surface area contributed by atoms with E-state index in [1.165, 1.54) is 11.9 Å². The molecule has 0 unspecified atom stereocenters. The number of hydrogen-bond donors (Lipinski definition) is 1. The van der Waals surface area contributed by atoms with Gasteiger partial charge >= 0.3 is 0 Å². The van der Waals surface area contributed by atoms with E-state index >= 15 is 0 Å². The Balaban J connectivity index is 2.60. The lowest BCUT2D eigenvalue weighted by Crippen LogP contribution is -2.03. The van der Waals surface area contributed by atoms with Gasteiger partial charge < -0.3 is 9.84 Å². The van der Waals surface area contributed by atoms with Crippen molar-refractivity contribution < 1.29 is 9.84 Å². The van der Waals surface area contributed by atoms with E-state index in [1.807, 2.05) is 31.2 Å². The number of rotatable bonds is 3. The van der Waals surface area contributed by atoms with E-state index in [4.69, 9.17) is 9.84 Å². The highest BCUT2D eigenvalue weighted by Gasteiger charge is 1.94. The summed E-state index contributed by atoms with van der Waals surface area (Å²) in [7, 11) is 0. The lowest BCUT2D eigenvalue weighted by atomic mass is 10.2. The third-order valence-corrected chi connectivity index (χ3v) is 1.73. The van der Waals surface area contributed by atoms with Gasteiger partial charge in [-0.25, -0.2) is 9.98 Å². The third-order valence-electron chi connectivity index (χ3n) is 1.73. The van der Waals surface area contributed by atoms with Crippen molar-refractivity contribution in [3.63, 3.8) is 0 Å². The van der Waals surface area contributed by atoms with Crippen molar-refractivity contribution in [3.05, 3.63) is 42.3 Å².